The molecule has 2 heterocycles. The highest BCUT2D eigenvalue weighted by Crippen LogP contribution is 2.24. The highest BCUT2D eigenvalue weighted by atomic mass is 79.9. The second kappa shape index (κ2) is 4.01. The summed E-state index contributed by atoms with van der Waals surface area (Å²) >= 11 is 9.22. The van der Waals surface area contributed by atoms with Crippen molar-refractivity contribution in [1.82, 2.24) is 9.55 Å². The van der Waals surface area contributed by atoms with E-state index in [-0.39, 0.29) is 0 Å². The topological polar surface area (TPSA) is 17.8 Å². The summed E-state index contributed by atoms with van der Waals surface area (Å²) in [6.45, 7) is 1.11. The largest absolute Gasteiger partial charge is 0.331 e. The van der Waals surface area contributed by atoms with Crippen molar-refractivity contribution >= 4 is 27.5 Å². The fourth-order valence-corrected chi connectivity index (χ4v) is 2.63. The molecule has 0 aliphatic carbocycles. The molecule has 0 bridgehead atoms. The fourth-order valence-electron chi connectivity index (χ4n) is 1.85. The van der Waals surface area contributed by atoms with Crippen molar-refractivity contribution in [2.75, 3.05) is 5.88 Å². The molecule has 0 amide bonds. The van der Waals surface area contributed by atoms with E-state index in [1.165, 1.54) is 18.5 Å². The van der Waals surface area contributed by atoms with E-state index in [4.69, 9.17) is 11.6 Å². The first-order chi connectivity index (χ1) is 6.33. The van der Waals surface area contributed by atoms with Crippen LogP contribution in [0.1, 0.15) is 24.4 Å². The Labute approximate surface area is 91.4 Å². The number of aryl methyl sites for hydroxylation is 1. The summed E-state index contributed by atoms with van der Waals surface area (Å²) < 4.78 is 3.34. The molecule has 0 saturated heterocycles. The summed E-state index contributed by atoms with van der Waals surface area (Å²) in [7, 11) is 0. The van der Waals surface area contributed by atoms with E-state index in [9.17, 15) is 0 Å². The Kier molecular flexibility index (Phi) is 2.94. The van der Waals surface area contributed by atoms with Crippen LogP contribution in [0, 0.1) is 0 Å². The Bertz CT molecular complexity index is 309. The summed E-state index contributed by atoms with van der Waals surface area (Å²) in [4.78, 5) is 4.48. The van der Waals surface area contributed by atoms with Crippen LogP contribution in [0.2, 0.25) is 0 Å². The fraction of sp³-hybridized carbons (Fsp3) is 0.667. The minimum Gasteiger partial charge on any atom is -0.331 e. The van der Waals surface area contributed by atoms with Gasteiger partial charge in [-0.25, -0.2) is 4.98 Å². The molecule has 2 nitrogen and oxygen atoms in total. The summed E-state index contributed by atoms with van der Waals surface area (Å²) in [5.41, 5.74) is 1.35. The van der Waals surface area contributed by atoms with Crippen molar-refractivity contribution in [1.29, 1.82) is 0 Å². The van der Waals surface area contributed by atoms with Crippen molar-refractivity contribution in [3.05, 3.63) is 16.1 Å². The minimum absolute atomic E-state index is 0.656. The van der Waals surface area contributed by atoms with Crippen LogP contribution >= 0.6 is 27.5 Å². The number of nitrogens with zero attached hydrogens (tertiary/aromatic N) is 2. The summed E-state index contributed by atoms with van der Waals surface area (Å²) in [5, 5.41) is 0. The lowest BCUT2D eigenvalue weighted by molar-refractivity contribution is 0.515. The summed E-state index contributed by atoms with van der Waals surface area (Å²) in [6, 6.07) is 0. The molecule has 1 aliphatic rings. The van der Waals surface area contributed by atoms with Gasteiger partial charge in [0.05, 0.1) is 5.69 Å². The maximum absolute atomic E-state index is 5.72. The van der Waals surface area contributed by atoms with Gasteiger partial charge in [0.25, 0.3) is 0 Å². The quantitative estimate of drug-likeness (QED) is 0.750. The van der Waals surface area contributed by atoms with Crippen LogP contribution < -0.4 is 0 Å². The van der Waals surface area contributed by atoms with E-state index in [1.807, 2.05) is 0 Å². The van der Waals surface area contributed by atoms with Gasteiger partial charge in [-0.15, -0.1) is 11.6 Å². The number of aromatic nitrogens is 2. The van der Waals surface area contributed by atoms with Gasteiger partial charge < -0.3 is 4.57 Å². The lowest BCUT2D eigenvalue weighted by atomic mass is 10.1. The molecule has 0 spiro atoms. The zero-order valence-electron chi connectivity index (χ0n) is 7.39. The van der Waals surface area contributed by atoms with E-state index in [0.717, 1.165) is 29.8 Å². The van der Waals surface area contributed by atoms with E-state index in [1.54, 1.807) is 0 Å². The third kappa shape index (κ3) is 1.77. The molecule has 0 atom stereocenters. The Morgan fingerprint density at radius 3 is 3.08 bits per heavy atom. The average molecular weight is 264 g/mol. The lowest BCUT2D eigenvalue weighted by Crippen LogP contribution is -2.13. The first kappa shape index (κ1) is 9.53. The lowest BCUT2D eigenvalue weighted by Gasteiger charge is -2.16. The molecule has 1 aromatic heterocycles. The Balaban J connectivity index is 2.36. The molecule has 0 radical (unpaired) electrons. The molecule has 0 N–H and O–H groups in total. The third-order valence-electron chi connectivity index (χ3n) is 2.47. The summed E-state index contributed by atoms with van der Waals surface area (Å²) in [5.74, 6) is 1.79. The van der Waals surface area contributed by atoms with Gasteiger partial charge in [-0.2, -0.15) is 0 Å². The number of hydrogen-bond donors (Lipinski definition) is 0. The molecule has 0 saturated carbocycles. The van der Waals surface area contributed by atoms with E-state index < -0.39 is 0 Å². The average Bonchev–Trinajstić information content (AvgIpc) is 2.46. The maximum atomic E-state index is 5.72. The highest BCUT2D eigenvalue weighted by molar-refractivity contribution is 9.10. The van der Waals surface area contributed by atoms with Crippen LogP contribution in [-0.4, -0.2) is 15.4 Å². The SMILES string of the molecule is ClCCc1nc(Br)c2n1CCCC2. The number of rotatable bonds is 2. The molecule has 0 fully saturated rings. The molecule has 0 aromatic carbocycles. The molecule has 13 heavy (non-hydrogen) atoms. The van der Waals surface area contributed by atoms with Crippen LogP contribution in [0.5, 0.6) is 0 Å². The van der Waals surface area contributed by atoms with Gasteiger partial charge in [-0.3, -0.25) is 0 Å². The van der Waals surface area contributed by atoms with E-state index >= 15 is 0 Å². The zero-order chi connectivity index (χ0) is 9.26. The number of fused-ring (bicyclic) bond motifs is 1. The van der Waals surface area contributed by atoms with Crippen LogP contribution in [0.25, 0.3) is 0 Å². The van der Waals surface area contributed by atoms with Crippen molar-refractivity contribution in [2.45, 2.75) is 32.2 Å². The monoisotopic (exact) mass is 262 g/mol. The van der Waals surface area contributed by atoms with Gasteiger partial charge in [-0.1, -0.05) is 0 Å². The molecule has 1 aliphatic heterocycles. The Morgan fingerprint density at radius 2 is 2.31 bits per heavy atom. The Hall–Kier alpha value is -0.0200. The second-order valence-electron chi connectivity index (χ2n) is 3.31. The molecule has 72 valence electrons. The van der Waals surface area contributed by atoms with Gasteiger partial charge in [-0.05, 0) is 35.2 Å². The van der Waals surface area contributed by atoms with Crippen molar-refractivity contribution in [3.63, 3.8) is 0 Å². The van der Waals surface area contributed by atoms with Gasteiger partial charge in [0.1, 0.15) is 10.4 Å². The number of hydrogen-bond acceptors (Lipinski definition) is 1. The number of imidazole rings is 1. The molecular formula is C9H12BrClN2. The van der Waals surface area contributed by atoms with Gasteiger partial charge in [0, 0.05) is 18.8 Å². The predicted octanol–water partition coefficient (Wildman–Crippen LogP) is 2.76. The smallest absolute Gasteiger partial charge is 0.127 e. The van der Waals surface area contributed by atoms with Gasteiger partial charge >= 0.3 is 0 Å². The molecular weight excluding hydrogens is 251 g/mol. The first-order valence-corrected chi connectivity index (χ1v) is 5.95. The minimum atomic E-state index is 0.656. The van der Waals surface area contributed by atoms with Crippen LogP contribution in [-0.2, 0) is 19.4 Å². The van der Waals surface area contributed by atoms with Crippen LogP contribution in [0.4, 0.5) is 0 Å². The second-order valence-corrected chi connectivity index (χ2v) is 4.44. The van der Waals surface area contributed by atoms with E-state index in [2.05, 4.69) is 25.5 Å². The normalized spacial score (nSPS) is 15.8. The van der Waals surface area contributed by atoms with Gasteiger partial charge in [0.2, 0.25) is 0 Å². The first-order valence-electron chi connectivity index (χ1n) is 4.62. The number of halogens is 2. The van der Waals surface area contributed by atoms with Crippen molar-refractivity contribution in [3.8, 4) is 0 Å². The van der Waals surface area contributed by atoms with Crippen molar-refractivity contribution in [2.24, 2.45) is 0 Å². The molecule has 2 rings (SSSR count). The van der Waals surface area contributed by atoms with Crippen LogP contribution in [0.3, 0.4) is 0 Å². The standard InChI is InChI=1S/C9H12BrClN2/c10-9-7-3-1-2-6-13(7)8(12-9)4-5-11/h1-6H2. The maximum Gasteiger partial charge on any atom is 0.127 e. The van der Waals surface area contributed by atoms with Gasteiger partial charge in [0.15, 0.2) is 0 Å². The molecule has 4 heteroatoms. The summed E-state index contributed by atoms with van der Waals surface area (Å²) in [6.07, 6.45) is 4.58. The van der Waals surface area contributed by atoms with Crippen molar-refractivity contribution < 1.29 is 0 Å². The zero-order valence-corrected chi connectivity index (χ0v) is 9.73. The predicted molar refractivity (Wildman–Crippen MR) is 57.3 cm³/mol. The highest BCUT2D eigenvalue weighted by Gasteiger charge is 2.17. The molecule has 0 unspecified atom stereocenters. The third-order valence-corrected chi connectivity index (χ3v) is 3.29. The van der Waals surface area contributed by atoms with Crippen LogP contribution in [0.15, 0.2) is 4.60 Å². The number of alkyl halides is 1. The molecule has 1 aromatic rings. The van der Waals surface area contributed by atoms with E-state index in [0.29, 0.717) is 5.88 Å². The Morgan fingerprint density at radius 1 is 1.46 bits per heavy atom.